The lowest BCUT2D eigenvalue weighted by atomic mass is 10.2. The molecule has 0 atom stereocenters. The maximum Gasteiger partial charge on any atom is 0.0548 e. The fourth-order valence-corrected chi connectivity index (χ4v) is 1.60. The van der Waals surface area contributed by atoms with Crippen molar-refractivity contribution in [1.82, 2.24) is 0 Å². The van der Waals surface area contributed by atoms with Crippen LogP contribution in [0.3, 0.4) is 0 Å². The van der Waals surface area contributed by atoms with Gasteiger partial charge >= 0.3 is 0 Å². The van der Waals surface area contributed by atoms with Crippen LogP contribution >= 0.6 is 23.4 Å². The third kappa shape index (κ3) is 1.68. The summed E-state index contributed by atoms with van der Waals surface area (Å²) in [5.74, 6) is 0. The fourth-order valence-electron chi connectivity index (χ4n) is 0.712. The topological polar surface area (TPSA) is 0 Å². The molecule has 0 amide bonds. The molecule has 0 bridgehead atoms. The molecule has 2 heteroatoms. The molecule has 1 aromatic rings. The first-order valence-corrected chi connectivity index (χ1v) is 4.56. The van der Waals surface area contributed by atoms with Crippen LogP contribution in [0.4, 0.5) is 0 Å². The minimum Gasteiger partial charge on any atom is -0.128 e. The van der Waals surface area contributed by atoms with E-state index >= 15 is 0 Å². The molecular weight excluding hydrogens is 164 g/mol. The summed E-state index contributed by atoms with van der Waals surface area (Å²) in [5.41, 5.74) is 1.13. The average molecular weight is 172 g/mol. The summed E-state index contributed by atoms with van der Waals surface area (Å²) in [7, 11) is 0. The van der Waals surface area contributed by atoms with Crippen molar-refractivity contribution in [2.75, 3.05) is 6.26 Å². The lowest BCUT2D eigenvalue weighted by Gasteiger charge is -1.99. The summed E-state index contributed by atoms with van der Waals surface area (Å²) in [4.78, 5) is 1.12. The second-order valence-electron chi connectivity index (χ2n) is 2.03. The van der Waals surface area contributed by atoms with Crippen LogP contribution in [0.5, 0.6) is 0 Å². The number of benzene rings is 1. The molecule has 0 spiro atoms. The first-order chi connectivity index (χ1) is 4.74. The van der Waals surface area contributed by atoms with Crippen LogP contribution in [0, 0.1) is 13.0 Å². The third-order valence-corrected chi connectivity index (χ3v) is 2.43. The number of aryl methyl sites for hydroxylation is 1. The normalized spacial score (nSPS) is 9.90. The Morgan fingerprint density at radius 3 is 2.80 bits per heavy atom. The van der Waals surface area contributed by atoms with Crippen molar-refractivity contribution in [1.29, 1.82) is 0 Å². The molecule has 0 aromatic heterocycles. The van der Waals surface area contributed by atoms with E-state index in [1.807, 2.05) is 25.3 Å². The summed E-state index contributed by atoms with van der Waals surface area (Å²) in [6.45, 7) is 2.01. The van der Waals surface area contributed by atoms with Gasteiger partial charge in [0.15, 0.2) is 0 Å². The minimum absolute atomic E-state index is 0.790. The highest BCUT2D eigenvalue weighted by atomic mass is 35.5. The summed E-state index contributed by atoms with van der Waals surface area (Å²) in [6.07, 6.45) is 2.01. The van der Waals surface area contributed by atoms with Crippen molar-refractivity contribution >= 4 is 23.4 Å². The van der Waals surface area contributed by atoms with Crippen molar-refractivity contribution in [3.63, 3.8) is 0 Å². The van der Waals surface area contributed by atoms with Crippen LogP contribution in [-0.4, -0.2) is 6.26 Å². The first kappa shape index (κ1) is 7.96. The van der Waals surface area contributed by atoms with E-state index in [0.29, 0.717) is 0 Å². The van der Waals surface area contributed by atoms with Gasteiger partial charge in [0.2, 0.25) is 0 Å². The molecule has 1 rings (SSSR count). The van der Waals surface area contributed by atoms with Gasteiger partial charge in [0.05, 0.1) is 5.02 Å². The molecule has 53 valence electrons. The Bertz CT molecular complexity index is 233. The quantitative estimate of drug-likeness (QED) is 0.585. The van der Waals surface area contributed by atoms with Gasteiger partial charge < -0.3 is 0 Å². The lowest BCUT2D eigenvalue weighted by Crippen LogP contribution is -1.75. The Morgan fingerprint density at radius 2 is 2.30 bits per heavy atom. The molecule has 0 saturated carbocycles. The Labute approximate surface area is 70.6 Å². The van der Waals surface area contributed by atoms with E-state index in [0.717, 1.165) is 15.5 Å². The number of hydrogen-bond donors (Lipinski definition) is 0. The van der Waals surface area contributed by atoms with E-state index < -0.39 is 0 Å². The van der Waals surface area contributed by atoms with Gasteiger partial charge in [-0.15, -0.1) is 11.8 Å². The lowest BCUT2D eigenvalue weighted by molar-refractivity contribution is 1.36. The van der Waals surface area contributed by atoms with E-state index in [-0.39, 0.29) is 0 Å². The van der Waals surface area contributed by atoms with Gasteiger partial charge in [-0.25, -0.2) is 0 Å². The van der Waals surface area contributed by atoms with Crippen molar-refractivity contribution in [3.05, 3.63) is 28.8 Å². The van der Waals surface area contributed by atoms with Crippen molar-refractivity contribution in [2.24, 2.45) is 0 Å². The predicted octanol–water partition coefficient (Wildman–Crippen LogP) is 3.17. The fraction of sp³-hybridized carbons (Fsp3) is 0.250. The maximum atomic E-state index is 5.84. The first-order valence-electron chi connectivity index (χ1n) is 2.96. The molecule has 0 aliphatic carbocycles. The zero-order valence-corrected chi connectivity index (χ0v) is 7.51. The molecule has 0 unspecified atom stereocenters. The summed E-state index contributed by atoms with van der Waals surface area (Å²) < 4.78 is 0. The Morgan fingerprint density at radius 1 is 1.60 bits per heavy atom. The molecule has 0 fully saturated rings. The predicted molar refractivity (Wildman–Crippen MR) is 46.8 cm³/mol. The molecule has 0 N–H and O–H groups in total. The molecule has 0 heterocycles. The maximum absolute atomic E-state index is 5.84. The highest BCUT2D eigenvalue weighted by Crippen LogP contribution is 2.25. The van der Waals surface area contributed by atoms with Gasteiger partial charge in [-0.3, -0.25) is 0 Å². The van der Waals surface area contributed by atoms with Gasteiger partial charge in [-0.2, -0.15) is 0 Å². The van der Waals surface area contributed by atoms with Crippen molar-refractivity contribution < 1.29 is 0 Å². The zero-order valence-electron chi connectivity index (χ0n) is 5.94. The second kappa shape index (κ2) is 3.31. The Kier molecular flexibility index (Phi) is 2.64. The van der Waals surface area contributed by atoms with E-state index in [2.05, 4.69) is 6.07 Å². The smallest absolute Gasteiger partial charge is 0.0548 e. The molecule has 0 nitrogen and oxygen atoms in total. The van der Waals surface area contributed by atoms with Gasteiger partial charge in [-0.1, -0.05) is 11.6 Å². The molecule has 10 heavy (non-hydrogen) atoms. The summed E-state index contributed by atoms with van der Waals surface area (Å²) >= 11 is 7.50. The molecular formula is C8H8ClS. The van der Waals surface area contributed by atoms with Crippen LogP contribution in [0.15, 0.2) is 17.0 Å². The molecule has 1 radical (unpaired) electrons. The van der Waals surface area contributed by atoms with Crippen LogP contribution in [0.2, 0.25) is 5.02 Å². The SMILES string of the molecule is CSc1cc(C)[c]cc1Cl. The number of hydrogen-bond acceptors (Lipinski definition) is 1. The molecule has 0 aliphatic heterocycles. The molecule has 0 saturated heterocycles. The third-order valence-electron chi connectivity index (χ3n) is 1.23. The summed E-state index contributed by atoms with van der Waals surface area (Å²) in [6, 6.07) is 6.87. The Hall–Kier alpha value is -0.140. The number of thioether (sulfide) groups is 1. The number of halogens is 1. The zero-order chi connectivity index (χ0) is 7.56. The highest BCUT2D eigenvalue weighted by molar-refractivity contribution is 7.98. The highest BCUT2D eigenvalue weighted by Gasteiger charge is 1.96. The Balaban J connectivity index is 3.09. The van der Waals surface area contributed by atoms with Gasteiger partial charge in [-0.05, 0) is 36.9 Å². The second-order valence-corrected chi connectivity index (χ2v) is 3.29. The minimum atomic E-state index is 0.790. The van der Waals surface area contributed by atoms with E-state index in [1.54, 1.807) is 11.8 Å². The van der Waals surface area contributed by atoms with E-state index in [9.17, 15) is 0 Å². The van der Waals surface area contributed by atoms with Gasteiger partial charge in [0.1, 0.15) is 0 Å². The van der Waals surface area contributed by atoms with E-state index in [4.69, 9.17) is 11.6 Å². The van der Waals surface area contributed by atoms with Crippen molar-refractivity contribution in [2.45, 2.75) is 11.8 Å². The molecule has 1 aromatic carbocycles. The average Bonchev–Trinajstić information content (AvgIpc) is 1.94. The van der Waals surface area contributed by atoms with Crippen LogP contribution in [-0.2, 0) is 0 Å². The summed E-state index contributed by atoms with van der Waals surface area (Å²) in [5, 5.41) is 0.790. The van der Waals surface area contributed by atoms with Crippen LogP contribution < -0.4 is 0 Å². The number of rotatable bonds is 1. The molecule has 0 aliphatic rings. The van der Waals surface area contributed by atoms with Crippen LogP contribution in [0.25, 0.3) is 0 Å². The van der Waals surface area contributed by atoms with E-state index in [1.165, 1.54) is 0 Å². The monoisotopic (exact) mass is 171 g/mol. The largest absolute Gasteiger partial charge is 0.128 e. The standard InChI is InChI=1S/C8H8ClS/c1-6-3-4-7(9)8(5-6)10-2/h4-5H,1-2H3. The van der Waals surface area contributed by atoms with Crippen molar-refractivity contribution in [3.8, 4) is 0 Å². The van der Waals surface area contributed by atoms with Gasteiger partial charge in [0, 0.05) is 4.90 Å². The van der Waals surface area contributed by atoms with Crippen LogP contribution in [0.1, 0.15) is 5.56 Å². The van der Waals surface area contributed by atoms with Gasteiger partial charge in [0.25, 0.3) is 0 Å².